The van der Waals surface area contributed by atoms with Crippen molar-refractivity contribution in [2.45, 2.75) is 45.2 Å². The number of halogens is 1. The molecule has 0 spiro atoms. The summed E-state index contributed by atoms with van der Waals surface area (Å²) in [6.45, 7) is 3.25. The number of rotatable bonds is 6. The van der Waals surface area contributed by atoms with Gasteiger partial charge in [0.25, 0.3) is 0 Å². The van der Waals surface area contributed by atoms with Crippen LogP contribution in [0.2, 0.25) is 0 Å². The van der Waals surface area contributed by atoms with Gasteiger partial charge in [-0.3, -0.25) is 0 Å². The molecule has 2 heteroatoms. The van der Waals surface area contributed by atoms with Crippen LogP contribution in [-0.2, 0) is 6.42 Å². The van der Waals surface area contributed by atoms with Crippen LogP contribution in [-0.4, -0.2) is 17.4 Å². The van der Waals surface area contributed by atoms with Gasteiger partial charge in [-0.05, 0) is 55.2 Å². The van der Waals surface area contributed by atoms with Gasteiger partial charge in [-0.15, -0.1) is 0 Å². The van der Waals surface area contributed by atoms with Crippen molar-refractivity contribution in [1.29, 1.82) is 0 Å². The average Bonchev–Trinajstić information content (AvgIpc) is 2.80. The van der Waals surface area contributed by atoms with E-state index in [1.54, 1.807) is 0 Å². The lowest BCUT2D eigenvalue weighted by Crippen LogP contribution is -2.23. The van der Waals surface area contributed by atoms with Crippen molar-refractivity contribution in [3.05, 3.63) is 41.5 Å². The van der Waals surface area contributed by atoms with Crippen molar-refractivity contribution >= 4 is 5.57 Å². The second-order valence-electron chi connectivity index (χ2n) is 6.01. The highest BCUT2D eigenvalue weighted by molar-refractivity contribution is 5.73. The maximum atomic E-state index is 13.7. The smallest absolute Gasteiger partial charge is 0.131 e. The van der Waals surface area contributed by atoms with Crippen LogP contribution in [0.25, 0.3) is 5.57 Å². The van der Waals surface area contributed by atoms with E-state index in [0.29, 0.717) is 12.3 Å². The zero-order valence-electron chi connectivity index (χ0n) is 11.8. The summed E-state index contributed by atoms with van der Waals surface area (Å²) in [5, 5.41) is 8.93. The highest BCUT2D eigenvalue weighted by atomic mass is 19.1. The molecule has 0 radical (unpaired) electrons. The lowest BCUT2D eigenvalue weighted by Gasteiger charge is -2.20. The minimum absolute atomic E-state index is 0.384. The highest BCUT2D eigenvalue weighted by Gasteiger charge is 2.23. The van der Waals surface area contributed by atoms with Crippen LogP contribution in [0.15, 0.2) is 30.3 Å². The molecule has 1 aliphatic carbocycles. The topological polar surface area (TPSA) is 20.2 Å². The summed E-state index contributed by atoms with van der Waals surface area (Å²) in [6.07, 6.45) is 5.56. The van der Waals surface area contributed by atoms with Crippen LogP contribution in [0.3, 0.4) is 0 Å². The van der Waals surface area contributed by atoms with Crippen LogP contribution < -0.4 is 0 Å². The van der Waals surface area contributed by atoms with Gasteiger partial charge in [0.1, 0.15) is 5.67 Å². The number of allylic oxidation sites excluding steroid dienone is 2. The average molecular weight is 262 g/mol. The quantitative estimate of drug-likeness (QED) is 0.816. The molecule has 2 rings (SSSR count). The van der Waals surface area contributed by atoms with Crippen LogP contribution in [0, 0.1) is 5.92 Å². The fraction of sp³-hybridized carbons (Fsp3) is 0.529. The number of aliphatic hydroxyl groups is 1. The Morgan fingerprint density at radius 2 is 2.11 bits per heavy atom. The Labute approximate surface area is 115 Å². The summed E-state index contributed by atoms with van der Waals surface area (Å²) in [5.41, 5.74) is 2.72. The Hall–Kier alpha value is -1.15. The molecule has 0 heterocycles. The van der Waals surface area contributed by atoms with Crippen molar-refractivity contribution < 1.29 is 9.50 Å². The first-order chi connectivity index (χ1) is 9.02. The van der Waals surface area contributed by atoms with Gasteiger partial charge >= 0.3 is 0 Å². The molecule has 0 fully saturated rings. The summed E-state index contributed by atoms with van der Waals surface area (Å²) in [4.78, 5) is 0. The van der Waals surface area contributed by atoms with Crippen molar-refractivity contribution in [2.75, 3.05) is 6.61 Å². The van der Waals surface area contributed by atoms with Gasteiger partial charge in [-0.25, -0.2) is 4.39 Å². The number of benzene rings is 1. The zero-order chi connectivity index (χ0) is 13.9. The number of hydrogen-bond acceptors (Lipinski definition) is 1. The summed E-state index contributed by atoms with van der Waals surface area (Å²) >= 11 is 0. The van der Waals surface area contributed by atoms with E-state index in [1.807, 2.05) is 0 Å². The lowest BCUT2D eigenvalue weighted by atomic mass is 9.90. The minimum Gasteiger partial charge on any atom is -0.393 e. The third kappa shape index (κ3) is 3.66. The van der Waals surface area contributed by atoms with Crippen LogP contribution in [0.5, 0.6) is 0 Å². The Kier molecular flexibility index (Phi) is 4.41. The van der Waals surface area contributed by atoms with E-state index in [-0.39, 0.29) is 6.61 Å². The second kappa shape index (κ2) is 5.87. The maximum Gasteiger partial charge on any atom is 0.131 e. The molecule has 0 amide bonds. The molecule has 1 aliphatic rings. The van der Waals surface area contributed by atoms with E-state index in [2.05, 4.69) is 37.3 Å². The molecular formula is C17H23FO. The summed E-state index contributed by atoms with van der Waals surface area (Å²) in [7, 11) is 0. The van der Waals surface area contributed by atoms with Crippen LogP contribution in [0.1, 0.15) is 44.2 Å². The van der Waals surface area contributed by atoms with Crippen LogP contribution >= 0.6 is 0 Å². The third-order valence-corrected chi connectivity index (χ3v) is 3.99. The number of hydrogen-bond donors (Lipinski definition) is 1. The van der Waals surface area contributed by atoms with Gasteiger partial charge in [0.05, 0.1) is 6.61 Å². The first-order valence-electron chi connectivity index (χ1n) is 7.09. The summed E-state index contributed by atoms with van der Waals surface area (Å²) in [5.74, 6) is 0.444. The fourth-order valence-corrected chi connectivity index (χ4v) is 2.65. The molecule has 0 aromatic heterocycles. The Balaban J connectivity index is 1.89. The van der Waals surface area contributed by atoms with Gasteiger partial charge in [0.15, 0.2) is 0 Å². The minimum atomic E-state index is -1.43. The highest BCUT2D eigenvalue weighted by Crippen LogP contribution is 2.33. The standard InChI is InChI=1S/C17H23FO/c1-13(9-10-17(2,18)12-19)11-15-8-7-14-5-3-4-6-16(14)15/h3-6,8,13,19H,7,9-12H2,1-2H3/t13-,17?/m0/s1. The summed E-state index contributed by atoms with van der Waals surface area (Å²) in [6, 6.07) is 8.50. The first kappa shape index (κ1) is 14.3. The molecule has 0 saturated carbocycles. The largest absolute Gasteiger partial charge is 0.393 e. The Morgan fingerprint density at radius 1 is 1.37 bits per heavy atom. The Bertz CT molecular complexity index is 462. The van der Waals surface area contributed by atoms with E-state index in [0.717, 1.165) is 19.3 Å². The lowest BCUT2D eigenvalue weighted by molar-refractivity contribution is 0.0741. The molecule has 2 atom stereocenters. The molecule has 1 unspecified atom stereocenters. The van der Waals surface area contributed by atoms with Gasteiger partial charge < -0.3 is 5.11 Å². The normalized spacial score (nSPS) is 18.6. The fourth-order valence-electron chi connectivity index (χ4n) is 2.65. The van der Waals surface area contributed by atoms with Crippen molar-refractivity contribution in [1.82, 2.24) is 0 Å². The first-order valence-corrected chi connectivity index (χ1v) is 7.09. The molecule has 0 saturated heterocycles. The monoisotopic (exact) mass is 262 g/mol. The predicted octanol–water partition coefficient (Wildman–Crippen LogP) is 4.15. The van der Waals surface area contributed by atoms with Crippen LogP contribution in [0.4, 0.5) is 4.39 Å². The Morgan fingerprint density at radius 3 is 2.84 bits per heavy atom. The van der Waals surface area contributed by atoms with E-state index >= 15 is 0 Å². The summed E-state index contributed by atoms with van der Waals surface area (Å²) < 4.78 is 13.7. The number of alkyl halides is 1. The van der Waals surface area contributed by atoms with E-state index in [1.165, 1.54) is 23.6 Å². The SMILES string of the molecule is C[C@@H](CCC(C)(F)CO)CC1=CCc2ccccc21. The van der Waals surface area contributed by atoms with Gasteiger partial charge in [0.2, 0.25) is 0 Å². The van der Waals surface area contributed by atoms with E-state index in [9.17, 15) is 4.39 Å². The van der Waals surface area contributed by atoms with Crippen molar-refractivity contribution in [3.63, 3.8) is 0 Å². The van der Waals surface area contributed by atoms with Gasteiger partial charge in [-0.2, -0.15) is 0 Å². The van der Waals surface area contributed by atoms with E-state index in [4.69, 9.17) is 5.11 Å². The zero-order valence-corrected chi connectivity index (χ0v) is 11.8. The molecule has 1 N–H and O–H groups in total. The molecule has 1 nitrogen and oxygen atoms in total. The molecule has 104 valence electrons. The molecule has 0 aliphatic heterocycles. The van der Waals surface area contributed by atoms with Crippen molar-refractivity contribution in [3.8, 4) is 0 Å². The molecule has 0 bridgehead atoms. The third-order valence-electron chi connectivity index (χ3n) is 3.99. The van der Waals surface area contributed by atoms with E-state index < -0.39 is 5.67 Å². The van der Waals surface area contributed by atoms with Gasteiger partial charge in [0, 0.05) is 0 Å². The molecule has 19 heavy (non-hydrogen) atoms. The maximum absolute atomic E-state index is 13.7. The molecule has 1 aromatic rings. The van der Waals surface area contributed by atoms with Crippen molar-refractivity contribution in [2.24, 2.45) is 5.92 Å². The number of aliphatic hydroxyl groups excluding tert-OH is 1. The second-order valence-corrected chi connectivity index (χ2v) is 6.01. The van der Waals surface area contributed by atoms with Gasteiger partial charge in [-0.1, -0.05) is 37.3 Å². The number of fused-ring (bicyclic) bond motifs is 1. The molecule has 1 aromatic carbocycles. The molecular weight excluding hydrogens is 239 g/mol. The predicted molar refractivity (Wildman–Crippen MR) is 77.7 cm³/mol.